The molecule has 1 aromatic carbocycles. The SMILES string of the molecule is CCCCCCCn1nnc(CO)c1-c1ccc(F)c(F)c1. The Kier molecular flexibility index (Phi) is 6.00. The van der Waals surface area contributed by atoms with Crippen molar-refractivity contribution in [1.29, 1.82) is 0 Å². The smallest absolute Gasteiger partial charge is 0.159 e. The van der Waals surface area contributed by atoms with Gasteiger partial charge in [-0.15, -0.1) is 5.10 Å². The van der Waals surface area contributed by atoms with Crippen LogP contribution in [-0.4, -0.2) is 20.1 Å². The minimum Gasteiger partial charge on any atom is -0.390 e. The lowest BCUT2D eigenvalue weighted by atomic mass is 10.1. The number of aliphatic hydroxyl groups excluding tert-OH is 1. The van der Waals surface area contributed by atoms with Crippen molar-refractivity contribution in [1.82, 2.24) is 15.0 Å². The van der Waals surface area contributed by atoms with Crippen molar-refractivity contribution in [2.45, 2.75) is 52.2 Å². The second-order valence-electron chi connectivity index (χ2n) is 5.31. The van der Waals surface area contributed by atoms with Gasteiger partial charge in [-0.2, -0.15) is 0 Å². The molecule has 0 unspecified atom stereocenters. The van der Waals surface area contributed by atoms with Gasteiger partial charge in [0.2, 0.25) is 0 Å². The summed E-state index contributed by atoms with van der Waals surface area (Å²) in [6.07, 6.45) is 5.57. The second kappa shape index (κ2) is 7.98. The molecule has 1 N–H and O–H groups in total. The highest BCUT2D eigenvalue weighted by molar-refractivity contribution is 5.61. The second-order valence-corrected chi connectivity index (χ2v) is 5.31. The van der Waals surface area contributed by atoms with Crippen molar-refractivity contribution in [3.63, 3.8) is 0 Å². The monoisotopic (exact) mass is 309 g/mol. The fourth-order valence-electron chi connectivity index (χ4n) is 2.44. The van der Waals surface area contributed by atoms with Crippen LogP contribution in [0.15, 0.2) is 18.2 Å². The van der Waals surface area contributed by atoms with Crippen LogP contribution in [0.3, 0.4) is 0 Å². The molecule has 0 atom stereocenters. The normalized spacial score (nSPS) is 11.1. The largest absolute Gasteiger partial charge is 0.390 e. The van der Waals surface area contributed by atoms with E-state index in [-0.39, 0.29) is 6.61 Å². The number of nitrogens with zero attached hydrogens (tertiary/aromatic N) is 3. The maximum absolute atomic E-state index is 13.4. The minimum atomic E-state index is -0.919. The standard InChI is InChI=1S/C16H21F2N3O/c1-2-3-4-5-6-9-21-16(15(11-22)19-20-21)12-7-8-13(17)14(18)10-12/h7-8,10,22H,2-6,9,11H2,1H3. The molecule has 0 aliphatic carbocycles. The molecule has 1 aromatic heterocycles. The number of halogens is 2. The van der Waals surface area contributed by atoms with E-state index in [4.69, 9.17) is 0 Å². The minimum absolute atomic E-state index is 0.288. The van der Waals surface area contributed by atoms with E-state index < -0.39 is 11.6 Å². The summed E-state index contributed by atoms with van der Waals surface area (Å²) in [5.41, 5.74) is 1.40. The molecule has 0 radical (unpaired) electrons. The average molecular weight is 309 g/mol. The third kappa shape index (κ3) is 3.88. The molecule has 2 rings (SSSR count). The summed E-state index contributed by atoms with van der Waals surface area (Å²) in [7, 11) is 0. The van der Waals surface area contributed by atoms with Crippen LogP contribution in [-0.2, 0) is 13.2 Å². The maximum Gasteiger partial charge on any atom is 0.159 e. The van der Waals surface area contributed by atoms with Gasteiger partial charge in [-0.1, -0.05) is 37.8 Å². The summed E-state index contributed by atoms with van der Waals surface area (Å²) in [6.45, 7) is 2.52. The molecular weight excluding hydrogens is 288 g/mol. The van der Waals surface area contributed by atoms with Crippen molar-refractivity contribution in [2.75, 3.05) is 0 Å². The highest BCUT2D eigenvalue weighted by Crippen LogP contribution is 2.24. The van der Waals surface area contributed by atoms with Gasteiger partial charge in [-0.3, -0.25) is 0 Å². The van der Waals surface area contributed by atoms with E-state index in [0.29, 0.717) is 23.5 Å². The zero-order chi connectivity index (χ0) is 15.9. The summed E-state index contributed by atoms with van der Waals surface area (Å²) in [6, 6.07) is 3.66. The van der Waals surface area contributed by atoms with Crippen LogP contribution in [0.5, 0.6) is 0 Å². The molecule has 1 heterocycles. The lowest BCUT2D eigenvalue weighted by molar-refractivity contribution is 0.277. The first-order valence-corrected chi connectivity index (χ1v) is 7.66. The Labute approximate surface area is 128 Å². The van der Waals surface area contributed by atoms with E-state index in [2.05, 4.69) is 17.2 Å². The molecule has 120 valence electrons. The number of aliphatic hydroxyl groups is 1. The molecule has 0 aliphatic rings. The molecule has 2 aromatic rings. The summed E-state index contributed by atoms with van der Waals surface area (Å²) in [4.78, 5) is 0. The first-order chi connectivity index (χ1) is 10.7. The Morgan fingerprint density at radius 3 is 2.55 bits per heavy atom. The summed E-state index contributed by atoms with van der Waals surface area (Å²) >= 11 is 0. The van der Waals surface area contributed by atoms with Crippen LogP contribution in [0.25, 0.3) is 11.3 Å². The van der Waals surface area contributed by atoms with Gasteiger partial charge in [0.05, 0.1) is 12.3 Å². The van der Waals surface area contributed by atoms with Crippen molar-refractivity contribution >= 4 is 0 Å². The zero-order valence-corrected chi connectivity index (χ0v) is 12.7. The fraction of sp³-hybridized carbons (Fsp3) is 0.500. The van der Waals surface area contributed by atoms with Crippen LogP contribution in [0.1, 0.15) is 44.7 Å². The van der Waals surface area contributed by atoms with E-state index in [1.54, 1.807) is 4.68 Å². The zero-order valence-electron chi connectivity index (χ0n) is 12.7. The van der Waals surface area contributed by atoms with Crippen LogP contribution in [0.4, 0.5) is 8.78 Å². The number of aromatic nitrogens is 3. The van der Waals surface area contributed by atoms with E-state index >= 15 is 0 Å². The van der Waals surface area contributed by atoms with Gasteiger partial charge in [-0.25, -0.2) is 13.5 Å². The third-order valence-corrected chi connectivity index (χ3v) is 3.62. The Morgan fingerprint density at radius 1 is 1.09 bits per heavy atom. The van der Waals surface area contributed by atoms with Crippen molar-refractivity contribution in [3.05, 3.63) is 35.5 Å². The van der Waals surface area contributed by atoms with Crippen LogP contribution < -0.4 is 0 Å². The Hall–Kier alpha value is -1.82. The number of benzene rings is 1. The van der Waals surface area contributed by atoms with Gasteiger partial charge in [0.25, 0.3) is 0 Å². The first-order valence-electron chi connectivity index (χ1n) is 7.66. The summed E-state index contributed by atoms with van der Waals surface area (Å²) in [5, 5.41) is 17.3. The Bertz CT molecular complexity index is 613. The van der Waals surface area contributed by atoms with Crippen molar-refractivity contribution in [3.8, 4) is 11.3 Å². The highest BCUT2D eigenvalue weighted by Gasteiger charge is 2.15. The van der Waals surface area contributed by atoms with Gasteiger partial charge in [0, 0.05) is 12.1 Å². The van der Waals surface area contributed by atoms with E-state index in [9.17, 15) is 13.9 Å². The van der Waals surface area contributed by atoms with E-state index in [1.165, 1.54) is 25.3 Å². The van der Waals surface area contributed by atoms with Gasteiger partial charge in [-0.05, 0) is 24.6 Å². The molecule has 6 heteroatoms. The molecule has 0 spiro atoms. The lowest BCUT2D eigenvalue weighted by Crippen LogP contribution is -2.04. The van der Waals surface area contributed by atoms with Crippen molar-refractivity contribution in [2.24, 2.45) is 0 Å². The fourth-order valence-corrected chi connectivity index (χ4v) is 2.44. The third-order valence-electron chi connectivity index (χ3n) is 3.62. The molecule has 0 aliphatic heterocycles. The van der Waals surface area contributed by atoms with Crippen molar-refractivity contribution < 1.29 is 13.9 Å². The number of aryl methyl sites for hydroxylation is 1. The maximum atomic E-state index is 13.4. The molecule has 0 bridgehead atoms. The molecule has 0 saturated heterocycles. The molecule has 0 amide bonds. The quantitative estimate of drug-likeness (QED) is 0.757. The van der Waals surface area contributed by atoms with Crippen LogP contribution >= 0.6 is 0 Å². The van der Waals surface area contributed by atoms with Gasteiger partial charge in [0.15, 0.2) is 11.6 Å². The molecular formula is C16H21F2N3O. The first kappa shape index (κ1) is 16.5. The Morgan fingerprint density at radius 2 is 1.86 bits per heavy atom. The topological polar surface area (TPSA) is 50.9 Å². The molecule has 4 nitrogen and oxygen atoms in total. The predicted molar refractivity (Wildman–Crippen MR) is 80.1 cm³/mol. The highest BCUT2D eigenvalue weighted by atomic mass is 19.2. The summed E-state index contributed by atoms with van der Waals surface area (Å²) < 4.78 is 28.2. The predicted octanol–water partition coefficient (Wildman–Crippen LogP) is 3.69. The van der Waals surface area contributed by atoms with Gasteiger partial charge < -0.3 is 5.11 Å². The lowest BCUT2D eigenvalue weighted by Gasteiger charge is -2.08. The van der Waals surface area contributed by atoms with E-state index in [0.717, 1.165) is 25.0 Å². The van der Waals surface area contributed by atoms with E-state index in [1.807, 2.05) is 0 Å². The average Bonchev–Trinajstić information content (AvgIpc) is 2.93. The Balaban J connectivity index is 2.18. The molecule has 22 heavy (non-hydrogen) atoms. The van der Waals surface area contributed by atoms with Gasteiger partial charge in [0.1, 0.15) is 5.69 Å². The van der Waals surface area contributed by atoms with Gasteiger partial charge >= 0.3 is 0 Å². The van der Waals surface area contributed by atoms with Crippen LogP contribution in [0, 0.1) is 11.6 Å². The summed E-state index contributed by atoms with van der Waals surface area (Å²) in [5.74, 6) is -1.81. The number of hydrogen-bond donors (Lipinski definition) is 1. The molecule has 0 saturated carbocycles. The number of rotatable bonds is 8. The number of hydrogen-bond acceptors (Lipinski definition) is 3. The molecule has 0 fully saturated rings. The number of unbranched alkanes of at least 4 members (excludes halogenated alkanes) is 4. The van der Waals surface area contributed by atoms with Crippen LogP contribution in [0.2, 0.25) is 0 Å².